The van der Waals surface area contributed by atoms with E-state index in [9.17, 15) is 4.79 Å². The minimum Gasteiger partial charge on any atom is -0.463 e. The topological polar surface area (TPSA) is 26.3 Å². The van der Waals surface area contributed by atoms with Gasteiger partial charge in [-0.3, -0.25) is 4.79 Å². The van der Waals surface area contributed by atoms with Gasteiger partial charge in [-0.1, -0.05) is 0 Å². The predicted molar refractivity (Wildman–Crippen MR) is 30.1 cm³/mol. The molecule has 0 fully saturated rings. The third kappa shape index (κ3) is 3.65. The normalized spacial score (nSPS) is 9.50. The zero-order chi connectivity index (χ0) is 6.57. The molecule has 0 aromatic rings. The van der Waals surface area contributed by atoms with Crippen molar-refractivity contribution in [1.82, 2.24) is 0 Å². The fraction of sp³-hybridized carbons (Fsp3) is 0.667. The quantitative estimate of drug-likeness (QED) is 0.501. The molecule has 0 amide bonds. The molecule has 2 heteroatoms. The summed E-state index contributed by atoms with van der Waals surface area (Å²) < 4.78 is 4.64. The van der Waals surface area contributed by atoms with E-state index in [-0.39, 0.29) is 18.5 Å². The summed E-state index contributed by atoms with van der Waals surface area (Å²) in [5.74, 6) is -0.347. The molecule has 0 saturated heterocycles. The number of hydrogen-bond acceptors (Lipinski definition) is 2. The molecule has 0 bridgehead atoms. The van der Waals surface area contributed by atoms with Crippen molar-refractivity contribution in [2.24, 2.45) is 0 Å². The molecule has 0 aromatic carbocycles. The van der Waals surface area contributed by atoms with Gasteiger partial charge in [0.2, 0.25) is 0 Å². The molecule has 0 aliphatic rings. The molecule has 2 nitrogen and oxygen atoms in total. The van der Waals surface area contributed by atoms with Crippen LogP contribution in [0.1, 0.15) is 20.3 Å². The lowest BCUT2D eigenvalue weighted by Crippen LogP contribution is -2.09. The Balaban J connectivity index is 3.25. The van der Waals surface area contributed by atoms with Gasteiger partial charge in [0.25, 0.3) is 0 Å². The van der Waals surface area contributed by atoms with Gasteiger partial charge in [-0.25, -0.2) is 0 Å². The van der Waals surface area contributed by atoms with E-state index < -0.39 is 0 Å². The first kappa shape index (κ1) is 7.47. The van der Waals surface area contributed by atoms with Gasteiger partial charge in [-0.15, -0.1) is 0 Å². The Hall–Kier alpha value is -0.530. The first-order chi connectivity index (χ1) is 3.66. The zero-order valence-corrected chi connectivity index (χ0v) is 5.18. The summed E-state index contributed by atoms with van der Waals surface area (Å²) in [7, 11) is 0. The van der Waals surface area contributed by atoms with E-state index in [1.807, 2.05) is 0 Å². The first-order valence-electron chi connectivity index (χ1n) is 2.56. The second-order valence-electron chi connectivity index (χ2n) is 1.74. The summed E-state index contributed by atoms with van der Waals surface area (Å²) >= 11 is 0. The first-order valence-corrected chi connectivity index (χ1v) is 2.56. The van der Waals surface area contributed by atoms with Gasteiger partial charge in [0.15, 0.2) is 0 Å². The van der Waals surface area contributed by atoms with Gasteiger partial charge in [0.1, 0.15) is 0 Å². The van der Waals surface area contributed by atoms with Crippen LogP contribution in [0.25, 0.3) is 0 Å². The van der Waals surface area contributed by atoms with Crippen LogP contribution in [0.15, 0.2) is 0 Å². The molecule has 2 radical (unpaired) electrons. The van der Waals surface area contributed by atoms with E-state index >= 15 is 0 Å². The maximum absolute atomic E-state index is 10.3. The molecule has 8 heavy (non-hydrogen) atoms. The number of rotatable bonds is 2. The van der Waals surface area contributed by atoms with Crippen molar-refractivity contribution in [1.29, 1.82) is 0 Å². The summed E-state index contributed by atoms with van der Waals surface area (Å²) in [5, 5.41) is 0. The number of carbonyl (C=O) groups excluding carboxylic acids is 1. The fourth-order valence-corrected chi connectivity index (χ4v) is 0.311. The largest absolute Gasteiger partial charge is 0.463 e. The van der Waals surface area contributed by atoms with Crippen molar-refractivity contribution in [3.63, 3.8) is 0 Å². The van der Waals surface area contributed by atoms with Crippen LogP contribution in [-0.2, 0) is 9.53 Å². The monoisotopic (exact) mass is 114 g/mol. The number of carbonyl (C=O) groups is 1. The Morgan fingerprint density at radius 2 is 2.25 bits per heavy atom. The molecule has 0 saturated carbocycles. The average Bonchev–Trinajstić information content (AvgIpc) is 1.65. The van der Waals surface area contributed by atoms with Crippen LogP contribution in [0.5, 0.6) is 0 Å². The predicted octanol–water partition coefficient (Wildman–Crippen LogP) is 1.04. The summed E-state index contributed by atoms with van der Waals surface area (Å²) in [4.78, 5) is 10.3. The van der Waals surface area contributed by atoms with Gasteiger partial charge in [0.05, 0.1) is 6.10 Å². The van der Waals surface area contributed by atoms with Crippen molar-refractivity contribution >= 4 is 5.97 Å². The Bertz CT molecular complexity index is 76.6. The summed E-state index contributed by atoms with van der Waals surface area (Å²) in [6.45, 7) is 8.52. The van der Waals surface area contributed by atoms with Gasteiger partial charge in [-0.05, 0) is 20.8 Å². The van der Waals surface area contributed by atoms with E-state index in [0.29, 0.717) is 0 Å². The molecule has 0 N–H and O–H groups in total. The van der Waals surface area contributed by atoms with Crippen molar-refractivity contribution in [3.8, 4) is 0 Å². The zero-order valence-electron chi connectivity index (χ0n) is 5.18. The highest BCUT2D eigenvalue weighted by Crippen LogP contribution is 1.90. The average molecular weight is 114 g/mol. The molecule has 0 heterocycles. The summed E-state index contributed by atoms with van der Waals surface area (Å²) in [6, 6.07) is 0. The van der Waals surface area contributed by atoms with E-state index in [1.54, 1.807) is 13.8 Å². The van der Waals surface area contributed by atoms with Crippen LogP contribution < -0.4 is 0 Å². The molecule has 0 atom stereocenters. The smallest absolute Gasteiger partial charge is 0.306 e. The highest BCUT2D eigenvalue weighted by atomic mass is 16.5. The lowest BCUT2D eigenvalue weighted by Gasteiger charge is -2.04. The Morgan fingerprint density at radius 1 is 1.75 bits per heavy atom. The second-order valence-corrected chi connectivity index (χ2v) is 1.74. The number of hydrogen-bond donors (Lipinski definition) is 0. The molecule has 46 valence electrons. The third-order valence-electron chi connectivity index (χ3n) is 0.534. The molecule has 0 aliphatic carbocycles. The second kappa shape index (κ2) is 3.47. The Labute approximate surface area is 49.8 Å². The van der Waals surface area contributed by atoms with Gasteiger partial charge < -0.3 is 4.74 Å². The van der Waals surface area contributed by atoms with Gasteiger partial charge in [-0.2, -0.15) is 0 Å². The molecule has 0 aliphatic heterocycles. The molecule has 0 rings (SSSR count). The fourth-order valence-electron chi connectivity index (χ4n) is 0.311. The van der Waals surface area contributed by atoms with Crippen LogP contribution in [-0.4, -0.2) is 12.1 Å². The van der Waals surface area contributed by atoms with Crippen LogP contribution in [0.4, 0.5) is 0 Å². The molecule has 0 aromatic heterocycles. The standard InChI is InChI=1S/C6H10O2/c1-4-6(7)8-5(2)3/h1,5H,4H2,2-3H3. The Kier molecular flexibility index (Phi) is 3.24. The van der Waals surface area contributed by atoms with E-state index in [0.717, 1.165) is 0 Å². The van der Waals surface area contributed by atoms with Gasteiger partial charge in [0, 0.05) is 6.42 Å². The minimum absolute atomic E-state index is 0.0296. The highest BCUT2D eigenvalue weighted by Gasteiger charge is 1.99. The maximum Gasteiger partial charge on any atom is 0.306 e. The van der Waals surface area contributed by atoms with Gasteiger partial charge >= 0.3 is 5.97 Å². The number of esters is 1. The van der Waals surface area contributed by atoms with Crippen LogP contribution in [0.2, 0.25) is 0 Å². The van der Waals surface area contributed by atoms with Crippen molar-refractivity contribution < 1.29 is 9.53 Å². The molecular formula is C6H10O2. The molecular weight excluding hydrogens is 104 g/mol. The van der Waals surface area contributed by atoms with E-state index in [2.05, 4.69) is 4.74 Å². The highest BCUT2D eigenvalue weighted by molar-refractivity contribution is 5.69. The lowest BCUT2D eigenvalue weighted by atomic mass is 10.4. The minimum atomic E-state index is -0.347. The van der Waals surface area contributed by atoms with Crippen molar-refractivity contribution in [3.05, 3.63) is 6.92 Å². The SMILES string of the molecule is [CH]CC(=O)OC(C)C. The molecule has 0 unspecified atom stereocenters. The summed E-state index contributed by atoms with van der Waals surface area (Å²) in [5.41, 5.74) is 0. The Morgan fingerprint density at radius 3 is 2.38 bits per heavy atom. The molecule has 0 spiro atoms. The third-order valence-corrected chi connectivity index (χ3v) is 0.534. The maximum atomic E-state index is 10.3. The van der Waals surface area contributed by atoms with E-state index in [4.69, 9.17) is 6.92 Å². The van der Waals surface area contributed by atoms with Crippen LogP contribution >= 0.6 is 0 Å². The van der Waals surface area contributed by atoms with Crippen LogP contribution in [0, 0.1) is 6.92 Å². The van der Waals surface area contributed by atoms with Crippen molar-refractivity contribution in [2.75, 3.05) is 0 Å². The number of ether oxygens (including phenoxy) is 1. The van der Waals surface area contributed by atoms with E-state index in [1.165, 1.54) is 0 Å². The van der Waals surface area contributed by atoms with Crippen LogP contribution in [0.3, 0.4) is 0 Å². The summed E-state index contributed by atoms with van der Waals surface area (Å²) in [6.07, 6.45) is -0.0795. The van der Waals surface area contributed by atoms with Crippen molar-refractivity contribution in [2.45, 2.75) is 26.4 Å². The lowest BCUT2D eigenvalue weighted by molar-refractivity contribution is -0.146.